The predicted octanol–water partition coefficient (Wildman–Crippen LogP) is -0.493. The Morgan fingerprint density at radius 3 is 2.45 bits per heavy atom. The zero-order valence-corrected chi connectivity index (χ0v) is 22.2. The monoisotopic (exact) mass is 563 g/mol. The molecule has 2 aliphatic rings. The molecule has 0 saturated carbocycles. The Kier molecular flexibility index (Phi) is 8.96. The smallest absolute Gasteiger partial charge is 0.460 e. The summed E-state index contributed by atoms with van der Waals surface area (Å²) < 4.78 is 51.5. The number of nitrogens with one attached hydrogen (secondary N) is 1. The van der Waals surface area contributed by atoms with Crippen LogP contribution >= 0.6 is 7.82 Å². The second-order valence-electron chi connectivity index (χ2n) is 9.14. The zero-order valence-electron chi connectivity index (χ0n) is 21.3. The van der Waals surface area contributed by atoms with Crippen LogP contribution in [0.2, 0.25) is 0 Å². The van der Waals surface area contributed by atoms with E-state index in [0.29, 0.717) is 0 Å². The number of esters is 3. The fourth-order valence-corrected chi connectivity index (χ4v) is 5.42. The average molecular weight is 563 g/mol. The summed E-state index contributed by atoms with van der Waals surface area (Å²) in [7, 11) is -4.42. The maximum atomic E-state index is 13.3. The molecule has 0 bridgehead atoms. The van der Waals surface area contributed by atoms with E-state index in [-0.39, 0.29) is 6.61 Å². The van der Waals surface area contributed by atoms with Crippen LogP contribution in [0.3, 0.4) is 0 Å². The van der Waals surface area contributed by atoms with Gasteiger partial charge in [-0.15, -0.1) is 0 Å². The standard InChI is InChI=1S/C21H30N3O13P/c1-10(2)33-18(28)16(35-12(4)26)13(34-11(3)25)8-31-38(30)32-9-14-17(37-38)21(5,22)19(36-14)24-7-6-15(27)23-20(24)29/h6-7,10,13-14,16-17,19H,8-9,22H2,1-5H3,(H,23,27,29)/t13-,14-,16+,17-,19-,21-,38?/m1/s1. The molecule has 16 nitrogen and oxygen atoms in total. The topological polar surface area (TPSA) is 214 Å². The molecule has 0 aromatic carbocycles. The predicted molar refractivity (Wildman–Crippen MR) is 125 cm³/mol. The van der Waals surface area contributed by atoms with E-state index < -0.39 is 85.9 Å². The minimum Gasteiger partial charge on any atom is -0.460 e. The Balaban J connectivity index is 1.79. The maximum Gasteiger partial charge on any atom is 0.475 e. The van der Waals surface area contributed by atoms with Crippen molar-refractivity contribution in [2.24, 2.45) is 5.73 Å². The van der Waals surface area contributed by atoms with Crippen LogP contribution in [0, 0.1) is 0 Å². The van der Waals surface area contributed by atoms with Gasteiger partial charge in [-0.25, -0.2) is 14.2 Å². The van der Waals surface area contributed by atoms with E-state index >= 15 is 0 Å². The molecule has 3 N–H and O–H groups in total. The minimum atomic E-state index is -4.42. The van der Waals surface area contributed by atoms with Crippen LogP contribution < -0.4 is 17.0 Å². The lowest BCUT2D eigenvalue weighted by molar-refractivity contribution is -0.185. The number of carbonyl (C=O) groups excluding carboxylic acids is 3. The molecule has 7 atom stereocenters. The SMILES string of the molecule is CC(=O)O[C@H](C(=O)OC(C)C)[C@@H](COP1(=O)OC[C@H]2O[C@@H](n3ccc(=O)[nH]c3=O)[C@](C)(N)[C@@H]2O1)OC(C)=O. The van der Waals surface area contributed by atoms with Crippen molar-refractivity contribution in [3.05, 3.63) is 33.1 Å². The summed E-state index contributed by atoms with van der Waals surface area (Å²) in [5, 5.41) is 0. The summed E-state index contributed by atoms with van der Waals surface area (Å²) in [6.45, 7) is 5.58. The third-order valence-corrected chi connectivity index (χ3v) is 6.87. The zero-order chi connectivity index (χ0) is 28.4. The van der Waals surface area contributed by atoms with Crippen molar-refractivity contribution < 1.29 is 51.5 Å². The van der Waals surface area contributed by atoms with Crippen LogP contribution in [-0.2, 0) is 51.5 Å². The molecular weight excluding hydrogens is 533 g/mol. The normalized spacial score (nSPS) is 30.2. The lowest BCUT2D eigenvalue weighted by Crippen LogP contribution is -2.55. The van der Waals surface area contributed by atoms with Crippen molar-refractivity contribution >= 4 is 25.7 Å². The highest BCUT2D eigenvalue weighted by atomic mass is 31.2. The molecule has 38 heavy (non-hydrogen) atoms. The number of aromatic nitrogens is 2. The lowest BCUT2D eigenvalue weighted by Gasteiger charge is -2.36. The van der Waals surface area contributed by atoms with Gasteiger partial charge >= 0.3 is 31.4 Å². The molecule has 1 aromatic heterocycles. The molecule has 3 rings (SSSR count). The van der Waals surface area contributed by atoms with Crippen molar-refractivity contribution in [3.8, 4) is 0 Å². The van der Waals surface area contributed by atoms with Crippen molar-refractivity contribution in [1.29, 1.82) is 0 Å². The first kappa shape index (κ1) is 29.7. The molecule has 212 valence electrons. The second kappa shape index (κ2) is 11.5. The van der Waals surface area contributed by atoms with Gasteiger partial charge in [-0.1, -0.05) is 0 Å². The summed E-state index contributed by atoms with van der Waals surface area (Å²) in [5.41, 5.74) is 3.55. The number of nitrogens with two attached hydrogens (primary N) is 1. The minimum absolute atomic E-state index is 0.329. The second-order valence-corrected chi connectivity index (χ2v) is 10.8. The summed E-state index contributed by atoms with van der Waals surface area (Å²) in [6, 6.07) is 1.10. The Morgan fingerprint density at radius 1 is 1.21 bits per heavy atom. The largest absolute Gasteiger partial charge is 0.475 e. The van der Waals surface area contributed by atoms with Gasteiger partial charge in [0.1, 0.15) is 18.8 Å². The van der Waals surface area contributed by atoms with Crippen molar-refractivity contribution in [1.82, 2.24) is 9.55 Å². The number of phosphoric ester groups is 1. The molecular formula is C21H30N3O13P. The average Bonchev–Trinajstić information content (AvgIpc) is 3.04. The van der Waals surface area contributed by atoms with Crippen LogP contribution in [0.4, 0.5) is 0 Å². The summed E-state index contributed by atoms with van der Waals surface area (Å²) >= 11 is 0. The number of rotatable bonds is 9. The van der Waals surface area contributed by atoms with Crippen LogP contribution in [0.1, 0.15) is 40.8 Å². The molecule has 3 heterocycles. The van der Waals surface area contributed by atoms with E-state index in [1.165, 1.54) is 13.1 Å². The maximum absolute atomic E-state index is 13.3. The van der Waals surface area contributed by atoms with Gasteiger partial charge in [-0.05, 0) is 20.8 Å². The van der Waals surface area contributed by atoms with Gasteiger partial charge in [-0.2, -0.15) is 0 Å². The molecule has 0 spiro atoms. The third kappa shape index (κ3) is 6.76. The van der Waals surface area contributed by atoms with Gasteiger partial charge < -0.3 is 24.7 Å². The van der Waals surface area contributed by atoms with E-state index in [0.717, 1.165) is 24.5 Å². The van der Waals surface area contributed by atoms with Gasteiger partial charge in [0.25, 0.3) is 5.56 Å². The van der Waals surface area contributed by atoms with Gasteiger partial charge in [0, 0.05) is 26.1 Å². The number of ether oxygens (including phenoxy) is 4. The first-order valence-electron chi connectivity index (χ1n) is 11.5. The first-order valence-corrected chi connectivity index (χ1v) is 13.0. The number of nitrogens with zero attached hydrogens (tertiary/aromatic N) is 1. The first-order chi connectivity index (χ1) is 17.6. The highest BCUT2D eigenvalue weighted by molar-refractivity contribution is 7.48. The number of fused-ring (bicyclic) bond motifs is 1. The number of hydrogen-bond acceptors (Lipinski definition) is 14. The fraction of sp³-hybridized carbons (Fsp3) is 0.667. The molecule has 2 saturated heterocycles. The van der Waals surface area contributed by atoms with E-state index in [9.17, 15) is 28.5 Å². The van der Waals surface area contributed by atoms with Gasteiger partial charge in [-0.3, -0.25) is 37.5 Å². The van der Waals surface area contributed by atoms with E-state index in [1.807, 2.05) is 0 Å². The van der Waals surface area contributed by atoms with E-state index in [2.05, 4.69) is 4.98 Å². The molecule has 1 aromatic rings. The Morgan fingerprint density at radius 2 is 1.87 bits per heavy atom. The number of H-pyrrole nitrogens is 1. The fourth-order valence-electron chi connectivity index (χ4n) is 3.93. The number of aromatic amines is 1. The van der Waals surface area contributed by atoms with Crippen LogP contribution in [0.25, 0.3) is 0 Å². The highest BCUT2D eigenvalue weighted by Gasteiger charge is 2.59. The Bertz CT molecular complexity index is 1230. The van der Waals surface area contributed by atoms with E-state index in [1.54, 1.807) is 13.8 Å². The molecule has 2 fully saturated rings. The summed E-state index contributed by atoms with van der Waals surface area (Å²) in [6.07, 6.45) is -5.84. The molecule has 0 amide bonds. The highest BCUT2D eigenvalue weighted by Crippen LogP contribution is 2.58. The number of hydrogen-bond donors (Lipinski definition) is 2. The van der Waals surface area contributed by atoms with Gasteiger partial charge in [0.05, 0.1) is 18.2 Å². The van der Waals surface area contributed by atoms with Gasteiger partial charge in [0.15, 0.2) is 12.3 Å². The quantitative estimate of drug-likeness (QED) is 0.220. The molecule has 17 heteroatoms. The lowest BCUT2D eigenvalue weighted by atomic mass is 9.93. The molecule has 0 radical (unpaired) electrons. The van der Waals surface area contributed by atoms with Crippen molar-refractivity contribution in [2.75, 3.05) is 13.2 Å². The third-order valence-electron chi connectivity index (χ3n) is 5.46. The van der Waals surface area contributed by atoms with Crippen molar-refractivity contribution in [2.45, 2.75) is 76.9 Å². The summed E-state index contributed by atoms with van der Waals surface area (Å²) in [4.78, 5) is 61.6. The molecule has 0 aliphatic carbocycles. The molecule has 1 unspecified atom stereocenters. The van der Waals surface area contributed by atoms with E-state index in [4.69, 9.17) is 38.3 Å². The Labute approximate surface area is 216 Å². The van der Waals surface area contributed by atoms with Crippen LogP contribution in [0.5, 0.6) is 0 Å². The molecule has 2 aliphatic heterocycles. The summed E-state index contributed by atoms with van der Waals surface area (Å²) in [5.74, 6) is -2.76. The Hall–Kier alpha value is -2.88. The number of phosphoric acid groups is 1. The number of carbonyl (C=O) groups is 3. The van der Waals surface area contributed by atoms with Crippen LogP contribution in [-0.4, -0.2) is 76.7 Å². The van der Waals surface area contributed by atoms with Crippen molar-refractivity contribution in [3.63, 3.8) is 0 Å². The van der Waals surface area contributed by atoms with Gasteiger partial charge in [0.2, 0.25) is 6.10 Å². The van der Waals surface area contributed by atoms with Crippen LogP contribution in [0.15, 0.2) is 21.9 Å².